The lowest BCUT2D eigenvalue weighted by atomic mass is 10.0. The molecule has 0 aliphatic carbocycles. The summed E-state index contributed by atoms with van der Waals surface area (Å²) in [6.07, 6.45) is -0.655. The molecule has 0 spiro atoms. The summed E-state index contributed by atoms with van der Waals surface area (Å²) >= 11 is 5.57. The van der Waals surface area contributed by atoms with E-state index < -0.39 is 47.8 Å². The molecule has 5 rings (SSSR count). The molecular formula is C31H23ClF5N3O4. The fraction of sp³-hybridized carbons (Fsp3) is 0.194. The zero-order valence-electron chi connectivity index (χ0n) is 23.2. The second-order valence-corrected chi connectivity index (χ2v) is 10.3. The number of imidazole rings is 1. The lowest BCUT2D eigenvalue weighted by Gasteiger charge is -2.15. The van der Waals surface area contributed by atoms with Crippen molar-refractivity contribution in [2.24, 2.45) is 0 Å². The van der Waals surface area contributed by atoms with Crippen LogP contribution in [0, 0.1) is 29.1 Å². The Morgan fingerprint density at radius 3 is 2.39 bits per heavy atom. The Labute approximate surface area is 252 Å². The Kier molecular flexibility index (Phi) is 8.84. The van der Waals surface area contributed by atoms with E-state index in [1.165, 1.54) is 35.9 Å². The van der Waals surface area contributed by atoms with Gasteiger partial charge in [-0.3, -0.25) is 0 Å². The largest absolute Gasteiger partial charge is 0.478 e. The minimum atomic E-state index is -1.34. The summed E-state index contributed by atoms with van der Waals surface area (Å²) in [5.74, 6) is -5.35. The number of carboxylic acid groups (broad SMARTS) is 1. The number of halogens is 6. The summed E-state index contributed by atoms with van der Waals surface area (Å²) in [6, 6.07) is 10.0. The zero-order chi connectivity index (χ0) is 31.7. The van der Waals surface area contributed by atoms with Gasteiger partial charge in [-0.15, -0.1) is 0 Å². The molecule has 7 nitrogen and oxygen atoms in total. The van der Waals surface area contributed by atoms with Gasteiger partial charge in [-0.2, -0.15) is 0 Å². The zero-order valence-corrected chi connectivity index (χ0v) is 23.9. The third-order valence-electron chi connectivity index (χ3n) is 6.92. The van der Waals surface area contributed by atoms with Crippen LogP contribution in [0.2, 0.25) is 5.02 Å². The van der Waals surface area contributed by atoms with Crippen molar-refractivity contribution in [1.29, 1.82) is 0 Å². The normalized spacial score (nSPS) is 12.1. The Hall–Kier alpha value is -4.55. The highest BCUT2D eigenvalue weighted by Gasteiger charge is 2.22. The van der Waals surface area contributed by atoms with Gasteiger partial charge in [0, 0.05) is 30.7 Å². The Balaban J connectivity index is 1.45. The molecule has 3 aromatic carbocycles. The highest BCUT2D eigenvalue weighted by molar-refractivity contribution is 6.30. The number of hydrogen-bond acceptors (Lipinski definition) is 5. The van der Waals surface area contributed by atoms with Gasteiger partial charge in [0.2, 0.25) is 5.88 Å². The molecule has 2 aromatic heterocycles. The van der Waals surface area contributed by atoms with E-state index in [9.17, 15) is 23.1 Å². The first kappa shape index (κ1) is 30.9. The van der Waals surface area contributed by atoms with Crippen molar-refractivity contribution in [3.8, 4) is 17.1 Å². The number of methoxy groups -OCH3 is 1. The molecule has 0 saturated carbocycles. The van der Waals surface area contributed by atoms with Crippen LogP contribution in [0.15, 0.2) is 54.6 Å². The van der Waals surface area contributed by atoms with Crippen molar-refractivity contribution < 1.29 is 41.3 Å². The van der Waals surface area contributed by atoms with Crippen molar-refractivity contribution in [1.82, 2.24) is 14.5 Å². The van der Waals surface area contributed by atoms with E-state index in [1.807, 2.05) is 0 Å². The number of ether oxygens (including phenoxy) is 2. The number of hydrogen-bond donors (Lipinski definition) is 1. The minimum absolute atomic E-state index is 0.0117. The maximum absolute atomic E-state index is 15.4. The molecule has 0 aliphatic rings. The molecule has 228 valence electrons. The van der Waals surface area contributed by atoms with Crippen LogP contribution in [-0.4, -0.2) is 38.8 Å². The molecule has 2 heterocycles. The minimum Gasteiger partial charge on any atom is -0.478 e. The van der Waals surface area contributed by atoms with E-state index >= 15 is 8.78 Å². The molecule has 13 heteroatoms. The molecule has 0 amide bonds. The summed E-state index contributed by atoms with van der Waals surface area (Å²) in [4.78, 5) is 20.0. The van der Waals surface area contributed by atoms with Crippen LogP contribution in [0.1, 0.15) is 34.2 Å². The van der Waals surface area contributed by atoms with Crippen LogP contribution in [0.25, 0.3) is 22.3 Å². The lowest BCUT2D eigenvalue weighted by Crippen LogP contribution is -2.17. The molecule has 0 unspecified atom stereocenters. The molecular weight excluding hydrogens is 609 g/mol. The number of aromatic carboxylic acids is 1. The Morgan fingerprint density at radius 2 is 1.66 bits per heavy atom. The molecule has 0 fully saturated rings. The summed E-state index contributed by atoms with van der Waals surface area (Å²) in [5, 5.41) is 9.01. The first-order valence-electron chi connectivity index (χ1n) is 13.1. The van der Waals surface area contributed by atoms with Crippen LogP contribution in [-0.2, 0) is 24.3 Å². The van der Waals surface area contributed by atoms with Crippen LogP contribution >= 0.6 is 11.6 Å². The first-order chi connectivity index (χ1) is 20.9. The van der Waals surface area contributed by atoms with Crippen molar-refractivity contribution in [2.75, 3.05) is 7.11 Å². The quantitative estimate of drug-likeness (QED) is 0.128. The maximum Gasteiger partial charge on any atom is 0.335 e. The molecule has 0 radical (unpaired) electrons. The van der Waals surface area contributed by atoms with E-state index in [2.05, 4.69) is 9.97 Å². The van der Waals surface area contributed by atoms with Crippen LogP contribution in [0.3, 0.4) is 0 Å². The number of carbonyl (C=O) groups is 1. The van der Waals surface area contributed by atoms with E-state index in [4.69, 9.17) is 21.1 Å². The monoisotopic (exact) mass is 631 g/mol. The van der Waals surface area contributed by atoms with Gasteiger partial charge in [-0.1, -0.05) is 17.7 Å². The lowest BCUT2D eigenvalue weighted by molar-refractivity contribution is 0.0696. The molecule has 0 saturated heterocycles. The molecule has 0 bridgehead atoms. The number of benzene rings is 3. The van der Waals surface area contributed by atoms with Crippen molar-refractivity contribution in [2.45, 2.75) is 32.6 Å². The predicted octanol–water partition coefficient (Wildman–Crippen LogP) is 7.35. The third kappa shape index (κ3) is 6.36. The van der Waals surface area contributed by atoms with E-state index in [0.717, 1.165) is 30.3 Å². The molecule has 1 N–H and O–H groups in total. The van der Waals surface area contributed by atoms with Gasteiger partial charge < -0.3 is 19.1 Å². The Morgan fingerprint density at radius 1 is 0.932 bits per heavy atom. The number of rotatable bonds is 10. The average molecular weight is 632 g/mol. The third-order valence-corrected chi connectivity index (χ3v) is 7.21. The van der Waals surface area contributed by atoms with Crippen LogP contribution in [0.4, 0.5) is 22.0 Å². The summed E-state index contributed by atoms with van der Waals surface area (Å²) < 4.78 is 85.8. The Bertz CT molecular complexity index is 1900. The van der Waals surface area contributed by atoms with Gasteiger partial charge in [0.05, 0.1) is 34.4 Å². The molecule has 5 aromatic rings. The van der Waals surface area contributed by atoms with E-state index in [1.54, 1.807) is 6.92 Å². The highest BCUT2D eigenvalue weighted by atomic mass is 35.5. The summed E-state index contributed by atoms with van der Waals surface area (Å²) in [5.41, 5.74) is -0.644. The predicted molar refractivity (Wildman–Crippen MR) is 151 cm³/mol. The van der Waals surface area contributed by atoms with Gasteiger partial charge in [0.1, 0.15) is 41.2 Å². The van der Waals surface area contributed by atoms with Gasteiger partial charge in [0.15, 0.2) is 5.82 Å². The standard InChI is InChI=1S/C31H23ClF5N3O4/c1-15(43-2)13-40-27-9-17(31(41)42)7-25(37)30(27)39-28(40)10-16-6-23(35)19(11-21(16)33)26-4-3-5-29(38-26)44-14-18-8-24(36)20(32)12-22(18)34/h3-9,11-12,15H,10,13-14H2,1-2H3,(H,41,42)/t15-/m1/s1. The van der Waals surface area contributed by atoms with E-state index in [-0.39, 0.29) is 68.7 Å². The number of fused-ring (bicyclic) bond motifs is 1. The molecule has 1 atom stereocenters. The maximum atomic E-state index is 15.4. The molecule has 0 aliphatic heterocycles. The smallest absolute Gasteiger partial charge is 0.335 e. The summed E-state index contributed by atoms with van der Waals surface area (Å²) in [6.45, 7) is 1.47. The van der Waals surface area contributed by atoms with Gasteiger partial charge in [-0.05, 0) is 55.0 Å². The number of pyridine rings is 1. The van der Waals surface area contributed by atoms with Gasteiger partial charge in [-0.25, -0.2) is 36.7 Å². The van der Waals surface area contributed by atoms with Gasteiger partial charge in [0.25, 0.3) is 0 Å². The van der Waals surface area contributed by atoms with Crippen molar-refractivity contribution >= 4 is 28.6 Å². The first-order valence-corrected chi connectivity index (χ1v) is 13.5. The summed E-state index contributed by atoms with van der Waals surface area (Å²) in [7, 11) is 1.46. The van der Waals surface area contributed by atoms with E-state index in [0.29, 0.717) is 0 Å². The van der Waals surface area contributed by atoms with Crippen LogP contribution < -0.4 is 4.74 Å². The number of carboxylic acids is 1. The van der Waals surface area contributed by atoms with Gasteiger partial charge >= 0.3 is 5.97 Å². The fourth-order valence-corrected chi connectivity index (χ4v) is 4.73. The number of aromatic nitrogens is 3. The fourth-order valence-electron chi connectivity index (χ4n) is 4.58. The average Bonchev–Trinajstić information content (AvgIpc) is 3.33. The highest BCUT2D eigenvalue weighted by Crippen LogP contribution is 2.29. The topological polar surface area (TPSA) is 86.5 Å². The van der Waals surface area contributed by atoms with Crippen molar-refractivity contribution in [3.63, 3.8) is 0 Å². The second kappa shape index (κ2) is 12.6. The van der Waals surface area contributed by atoms with Crippen LogP contribution in [0.5, 0.6) is 5.88 Å². The van der Waals surface area contributed by atoms with Crippen molar-refractivity contribution in [3.05, 3.63) is 111 Å². The SMILES string of the molecule is CO[C@H](C)Cn1c(Cc2cc(F)c(-c3cccc(OCc4cc(F)c(Cl)cc4F)n3)cc2F)nc2c(F)cc(C(=O)O)cc21. The molecule has 44 heavy (non-hydrogen) atoms. The number of nitrogens with zero attached hydrogens (tertiary/aromatic N) is 3. The second-order valence-electron chi connectivity index (χ2n) is 9.92.